The molecule has 0 saturated carbocycles. The minimum Gasteiger partial charge on any atom is -0.486 e. The van der Waals surface area contributed by atoms with Crippen molar-refractivity contribution in [3.63, 3.8) is 0 Å². The van der Waals surface area contributed by atoms with Crippen LogP contribution in [0.5, 0.6) is 11.5 Å². The summed E-state index contributed by atoms with van der Waals surface area (Å²) in [7, 11) is -3.85. The van der Waals surface area contributed by atoms with Gasteiger partial charge in [-0.1, -0.05) is 0 Å². The minimum atomic E-state index is -3.85. The molecule has 3 aliphatic rings. The second-order valence-corrected chi connectivity index (χ2v) is 9.10. The first kappa shape index (κ1) is 18.6. The zero-order valence-electron chi connectivity index (χ0n) is 15.7. The largest absolute Gasteiger partial charge is 0.486 e. The zero-order chi connectivity index (χ0) is 20.0. The van der Waals surface area contributed by atoms with Gasteiger partial charge in [-0.05, 0) is 37.0 Å². The van der Waals surface area contributed by atoms with E-state index in [0.717, 1.165) is 30.5 Å². The maximum absolute atomic E-state index is 13.0. The smallest absolute Gasteiger partial charge is 0.267 e. The number of nitrogens with zero attached hydrogens (tertiary/aromatic N) is 2. The third kappa shape index (κ3) is 3.41. The molecule has 1 fully saturated rings. The van der Waals surface area contributed by atoms with Gasteiger partial charge in [0.2, 0.25) is 10.0 Å². The van der Waals surface area contributed by atoms with Gasteiger partial charge in [0, 0.05) is 12.1 Å². The summed E-state index contributed by atoms with van der Waals surface area (Å²) in [5.41, 5.74) is 1.66. The van der Waals surface area contributed by atoms with Gasteiger partial charge in [-0.25, -0.2) is 17.8 Å². The minimum absolute atomic E-state index is 0.0710. The fourth-order valence-electron chi connectivity index (χ4n) is 4.01. The van der Waals surface area contributed by atoms with E-state index in [1.165, 1.54) is 16.8 Å². The number of sulfonamides is 1. The van der Waals surface area contributed by atoms with Crippen molar-refractivity contribution in [3.8, 4) is 11.5 Å². The predicted octanol–water partition coefficient (Wildman–Crippen LogP) is 0.422. The number of ether oxygens (including phenoxy) is 3. The van der Waals surface area contributed by atoms with Crippen molar-refractivity contribution in [2.24, 2.45) is 0 Å². The van der Waals surface area contributed by atoms with Crippen LogP contribution < -0.4 is 19.8 Å². The SMILES string of the molecule is O=c1cc2c(nn1C1COCC1NS(=O)(=O)c1ccc3c(c1)OCCO3)CCC2. The molecule has 2 aliphatic heterocycles. The monoisotopic (exact) mass is 419 g/mol. The lowest BCUT2D eigenvalue weighted by Crippen LogP contribution is -2.44. The van der Waals surface area contributed by atoms with Crippen LogP contribution in [0.3, 0.4) is 0 Å². The maximum Gasteiger partial charge on any atom is 0.267 e. The van der Waals surface area contributed by atoms with Crippen molar-refractivity contribution in [1.82, 2.24) is 14.5 Å². The maximum atomic E-state index is 13.0. The first-order chi connectivity index (χ1) is 14.0. The van der Waals surface area contributed by atoms with Crippen molar-refractivity contribution in [2.45, 2.75) is 36.2 Å². The van der Waals surface area contributed by atoms with Gasteiger partial charge in [0.1, 0.15) is 13.2 Å². The Hall–Kier alpha value is -2.43. The molecule has 10 heteroatoms. The first-order valence-corrected chi connectivity index (χ1v) is 11.1. The van der Waals surface area contributed by atoms with Crippen molar-refractivity contribution in [3.05, 3.63) is 45.9 Å². The molecule has 2 unspecified atom stereocenters. The lowest BCUT2D eigenvalue weighted by Gasteiger charge is -2.22. The van der Waals surface area contributed by atoms with Crippen molar-refractivity contribution < 1.29 is 22.6 Å². The highest BCUT2D eigenvalue weighted by Gasteiger charge is 2.35. The molecule has 2 atom stereocenters. The van der Waals surface area contributed by atoms with Crippen LogP contribution in [0.1, 0.15) is 23.7 Å². The Bertz CT molecular complexity index is 1110. The molecule has 1 saturated heterocycles. The van der Waals surface area contributed by atoms with Crippen LogP contribution in [-0.2, 0) is 27.6 Å². The molecule has 3 heterocycles. The topological polar surface area (TPSA) is 109 Å². The van der Waals surface area contributed by atoms with Crippen molar-refractivity contribution >= 4 is 10.0 Å². The Labute approximate surface area is 167 Å². The summed E-state index contributed by atoms with van der Waals surface area (Å²) in [6.45, 7) is 1.19. The summed E-state index contributed by atoms with van der Waals surface area (Å²) >= 11 is 0. The molecule has 0 bridgehead atoms. The van der Waals surface area contributed by atoms with Crippen LogP contribution in [0, 0.1) is 0 Å². The Kier molecular flexibility index (Phi) is 4.56. The number of hydrogen-bond acceptors (Lipinski definition) is 7. The Morgan fingerprint density at radius 3 is 2.76 bits per heavy atom. The molecular formula is C19H21N3O6S. The van der Waals surface area contributed by atoms with Crippen LogP contribution in [0.2, 0.25) is 0 Å². The number of aryl methyl sites for hydroxylation is 2. The zero-order valence-corrected chi connectivity index (χ0v) is 16.5. The average Bonchev–Trinajstić information content (AvgIpc) is 3.35. The van der Waals surface area contributed by atoms with E-state index in [9.17, 15) is 13.2 Å². The molecular weight excluding hydrogens is 398 g/mol. The van der Waals surface area contributed by atoms with Gasteiger partial charge in [0.25, 0.3) is 5.56 Å². The second-order valence-electron chi connectivity index (χ2n) is 7.39. The highest BCUT2D eigenvalue weighted by atomic mass is 32.2. The summed E-state index contributed by atoms with van der Waals surface area (Å²) in [4.78, 5) is 12.6. The molecule has 0 radical (unpaired) electrons. The second kappa shape index (κ2) is 7.12. The van der Waals surface area contributed by atoms with Gasteiger partial charge in [-0.2, -0.15) is 5.10 Å². The lowest BCUT2D eigenvalue weighted by molar-refractivity contribution is 0.171. The number of fused-ring (bicyclic) bond motifs is 2. The van der Waals surface area contributed by atoms with E-state index in [0.29, 0.717) is 24.7 Å². The summed E-state index contributed by atoms with van der Waals surface area (Å²) < 4.78 is 46.4. The Morgan fingerprint density at radius 2 is 1.90 bits per heavy atom. The molecule has 29 heavy (non-hydrogen) atoms. The fraction of sp³-hybridized carbons (Fsp3) is 0.474. The van der Waals surface area contributed by atoms with E-state index in [-0.39, 0.29) is 23.7 Å². The average molecular weight is 419 g/mol. The van der Waals surface area contributed by atoms with Gasteiger partial charge < -0.3 is 14.2 Å². The molecule has 9 nitrogen and oxygen atoms in total. The van der Waals surface area contributed by atoms with Crippen molar-refractivity contribution in [1.29, 1.82) is 0 Å². The van der Waals surface area contributed by atoms with Gasteiger partial charge in [0.05, 0.1) is 35.9 Å². The van der Waals surface area contributed by atoms with Crippen LogP contribution in [0.15, 0.2) is 34.0 Å². The van der Waals surface area contributed by atoms with Crippen LogP contribution in [-0.4, -0.2) is 50.7 Å². The first-order valence-electron chi connectivity index (χ1n) is 9.63. The van der Waals surface area contributed by atoms with Crippen LogP contribution in [0.25, 0.3) is 0 Å². The standard InChI is InChI=1S/C19H21N3O6S/c23-19-8-12-2-1-3-14(12)20-22(19)16-11-26-10-15(16)21-29(24,25)13-4-5-17-18(9-13)28-7-6-27-17/h4-5,8-9,15-16,21H,1-3,6-7,10-11H2. The number of aromatic nitrogens is 2. The number of hydrogen-bond donors (Lipinski definition) is 1. The van der Waals surface area contributed by atoms with E-state index in [2.05, 4.69) is 9.82 Å². The molecule has 0 amide bonds. The number of rotatable bonds is 4. The molecule has 1 aliphatic carbocycles. The Balaban J connectivity index is 1.41. The summed E-state index contributed by atoms with van der Waals surface area (Å²) in [5.74, 6) is 0.918. The third-order valence-electron chi connectivity index (χ3n) is 5.48. The van der Waals surface area contributed by atoms with Gasteiger partial charge in [0.15, 0.2) is 11.5 Å². The predicted molar refractivity (Wildman–Crippen MR) is 102 cm³/mol. The molecule has 1 aromatic carbocycles. The van der Waals surface area contributed by atoms with Crippen LogP contribution in [0.4, 0.5) is 0 Å². The fourth-order valence-corrected chi connectivity index (χ4v) is 5.28. The van der Waals surface area contributed by atoms with E-state index in [1.54, 1.807) is 12.1 Å². The molecule has 1 aromatic heterocycles. The summed E-state index contributed by atoms with van der Waals surface area (Å²) in [6, 6.07) is 5.01. The van der Waals surface area contributed by atoms with Gasteiger partial charge in [-0.3, -0.25) is 4.79 Å². The van der Waals surface area contributed by atoms with E-state index < -0.39 is 22.1 Å². The normalized spacial score (nSPS) is 23.2. The highest BCUT2D eigenvalue weighted by Crippen LogP contribution is 2.32. The number of benzene rings is 1. The number of nitrogens with one attached hydrogen (secondary N) is 1. The van der Waals surface area contributed by atoms with Crippen molar-refractivity contribution in [2.75, 3.05) is 26.4 Å². The van der Waals surface area contributed by atoms with E-state index in [1.807, 2.05) is 0 Å². The molecule has 1 N–H and O–H groups in total. The quantitative estimate of drug-likeness (QED) is 0.765. The molecule has 154 valence electrons. The van der Waals surface area contributed by atoms with Crippen LogP contribution >= 0.6 is 0 Å². The highest BCUT2D eigenvalue weighted by molar-refractivity contribution is 7.89. The summed E-state index contributed by atoms with van der Waals surface area (Å²) in [5, 5.41) is 4.50. The molecule has 2 aromatic rings. The van der Waals surface area contributed by atoms with Gasteiger partial charge >= 0.3 is 0 Å². The molecule has 5 rings (SSSR count). The van der Waals surface area contributed by atoms with E-state index >= 15 is 0 Å². The van der Waals surface area contributed by atoms with Gasteiger partial charge in [-0.15, -0.1) is 0 Å². The lowest BCUT2D eigenvalue weighted by atomic mass is 10.2. The third-order valence-corrected chi connectivity index (χ3v) is 6.96. The Morgan fingerprint density at radius 1 is 1.07 bits per heavy atom. The molecule has 0 spiro atoms. The summed E-state index contributed by atoms with van der Waals surface area (Å²) in [6.07, 6.45) is 2.67. The van der Waals surface area contributed by atoms with E-state index in [4.69, 9.17) is 14.2 Å².